The minimum absolute atomic E-state index is 0.00858. The highest BCUT2D eigenvalue weighted by Gasteiger charge is 2.23. The van der Waals surface area contributed by atoms with E-state index in [-0.39, 0.29) is 16.3 Å². The van der Waals surface area contributed by atoms with Gasteiger partial charge in [0.15, 0.2) is 0 Å². The first-order valence-electron chi connectivity index (χ1n) is 6.74. The number of amides is 1. The van der Waals surface area contributed by atoms with Gasteiger partial charge in [-0.2, -0.15) is 0 Å². The Bertz CT molecular complexity index is 735. The average molecular weight is 351 g/mol. The van der Waals surface area contributed by atoms with Crippen molar-refractivity contribution in [2.75, 3.05) is 13.3 Å². The molecule has 0 radical (unpaired) electrons. The molecule has 0 saturated carbocycles. The fraction of sp³-hybridized carbons (Fsp3) is 0.188. The molecule has 2 rings (SSSR count). The van der Waals surface area contributed by atoms with Crippen LogP contribution in [-0.4, -0.2) is 29.0 Å². The fourth-order valence-electron chi connectivity index (χ4n) is 2.12. The molecule has 0 bridgehead atoms. The van der Waals surface area contributed by atoms with Gasteiger partial charge in [0.2, 0.25) is 0 Å². The maximum absolute atomic E-state index is 12.5. The number of nitro benzene ring substituents is 1. The maximum Gasteiger partial charge on any atom is 0.282 e. The van der Waals surface area contributed by atoms with Crippen molar-refractivity contribution in [3.05, 3.63) is 68.7 Å². The first-order valence-corrected chi connectivity index (χ1v) is 8.35. The van der Waals surface area contributed by atoms with Crippen LogP contribution in [0.2, 0.25) is 5.02 Å². The molecule has 0 spiro atoms. The van der Waals surface area contributed by atoms with Gasteiger partial charge in [-0.25, -0.2) is 0 Å². The van der Waals surface area contributed by atoms with Crippen LogP contribution in [0.1, 0.15) is 15.9 Å². The Labute approximate surface area is 143 Å². The van der Waals surface area contributed by atoms with Crippen molar-refractivity contribution in [1.29, 1.82) is 0 Å². The molecule has 0 atom stereocenters. The quantitative estimate of drug-likeness (QED) is 0.459. The van der Waals surface area contributed by atoms with Gasteiger partial charge in [-0.05, 0) is 36.1 Å². The molecule has 23 heavy (non-hydrogen) atoms. The monoisotopic (exact) mass is 350 g/mol. The van der Waals surface area contributed by atoms with Gasteiger partial charge in [-0.3, -0.25) is 14.9 Å². The van der Waals surface area contributed by atoms with Crippen LogP contribution in [-0.2, 0) is 6.54 Å². The number of halogens is 1. The summed E-state index contributed by atoms with van der Waals surface area (Å²) in [6.45, 7) is 0.358. The molecule has 0 N–H and O–H groups in total. The molecule has 2 aromatic rings. The predicted octanol–water partition coefficient (Wildman–Crippen LogP) is 4.24. The summed E-state index contributed by atoms with van der Waals surface area (Å²) >= 11 is 7.50. The molecule has 5 nitrogen and oxygen atoms in total. The third-order valence-electron chi connectivity index (χ3n) is 3.31. The Morgan fingerprint density at radius 3 is 2.48 bits per heavy atom. The minimum Gasteiger partial charge on any atom is -0.337 e. The molecule has 120 valence electrons. The summed E-state index contributed by atoms with van der Waals surface area (Å²) < 4.78 is 0. The van der Waals surface area contributed by atoms with E-state index < -0.39 is 10.8 Å². The van der Waals surface area contributed by atoms with Crippen molar-refractivity contribution in [2.45, 2.75) is 11.4 Å². The topological polar surface area (TPSA) is 63.5 Å². The Kier molecular flexibility index (Phi) is 5.63. The van der Waals surface area contributed by atoms with Crippen molar-refractivity contribution < 1.29 is 9.72 Å². The molecule has 1 amide bonds. The number of nitrogens with zero attached hydrogens (tertiary/aromatic N) is 2. The first-order chi connectivity index (χ1) is 10.9. The molecule has 0 aromatic heterocycles. The van der Waals surface area contributed by atoms with E-state index in [0.29, 0.717) is 6.54 Å². The van der Waals surface area contributed by atoms with Gasteiger partial charge in [-0.15, -0.1) is 11.8 Å². The van der Waals surface area contributed by atoms with E-state index in [1.165, 1.54) is 23.1 Å². The number of thioether (sulfide) groups is 1. The van der Waals surface area contributed by atoms with E-state index in [0.717, 1.165) is 10.5 Å². The van der Waals surface area contributed by atoms with Crippen LogP contribution in [0.15, 0.2) is 47.4 Å². The molecule has 0 aliphatic rings. The number of carbonyl (C=O) groups excluding carboxylic acids is 1. The lowest BCUT2D eigenvalue weighted by atomic mass is 10.1. The van der Waals surface area contributed by atoms with Crippen LogP contribution in [0.4, 0.5) is 5.69 Å². The summed E-state index contributed by atoms with van der Waals surface area (Å²) in [4.78, 5) is 25.6. The Balaban J connectivity index is 2.22. The zero-order chi connectivity index (χ0) is 17.0. The van der Waals surface area contributed by atoms with Crippen LogP contribution in [0.25, 0.3) is 0 Å². The minimum atomic E-state index is -0.579. The summed E-state index contributed by atoms with van der Waals surface area (Å²) in [7, 11) is 1.61. The van der Waals surface area contributed by atoms with E-state index in [1.54, 1.807) is 18.8 Å². The number of rotatable bonds is 5. The first kappa shape index (κ1) is 17.3. The van der Waals surface area contributed by atoms with Gasteiger partial charge >= 0.3 is 0 Å². The number of hydrogen-bond acceptors (Lipinski definition) is 4. The summed E-state index contributed by atoms with van der Waals surface area (Å²) in [6.07, 6.45) is 1.99. The lowest BCUT2D eigenvalue weighted by Crippen LogP contribution is -2.26. The van der Waals surface area contributed by atoms with Gasteiger partial charge < -0.3 is 4.90 Å². The summed E-state index contributed by atoms with van der Waals surface area (Å²) in [5.74, 6) is -0.437. The highest BCUT2D eigenvalue weighted by Crippen LogP contribution is 2.24. The smallest absolute Gasteiger partial charge is 0.282 e. The second-order valence-corrected chi connectivity index (χ2v) is 6.24. The van der Waals surface area contributed by atoms with Gasteiger partial charge in [0.25, 0.3) is 11.6 Å². The van der Waals surface area contributed by atoms with Crippen LogP contribution >= 0.6 is 23.4 Å². The third-order valence-corrected chi connectivity index (χ3v) is 4.29. The molecular weight excluding hydrogens is 336 g/mol. The molecule has 0 unspecified atom stereocenters. The zero-order valence-electron chi connectivity index (χ0n) is 12.7. The molecule has 0 heterocycles. The number of carbonyl (C=O) groups is 1. The normalized spacial score (nSPS) is 10.4. The van der Waals surface area contributed by atoms with E-state index >= 15 is 0 Å². The van der Waals surface area contributed by atoms with E-state index in [2.05, 4.69) is 0 Å². The molecule has 0 aliphatic heterocycles. The number of benzene rings is 2. The predicted molar refractivity (Wildman–Crippen MR) is 92.1 cm³/mol. The van der Waals surface area contributed by atoms with Crippen molar-refractivity contribution in [1.82, 2.24) is 4.90 Å². The molecule has 0 fully saturated rings. The van der Waals surface area contributed by atoms with Gasteiger partial charge in [0.1, 0.15) is 5.56 Å². The molecule has 0 aliphatic carbocycles. The average Bonchev–Trinajstić information content (AvgIpc) is 2.54. The molecular formula is C16H15ClN2O3S. The maximum atomic E-state index is 12.5. The van der Waals surface area contributed by atoms with Gasteiger partial charge in [-0.1, -0.05) is 23.7 Å². The lowest BCUT2D eigenvalue weighted by Gasteiger charge is -2.17. The van der Waals surface area contributed by atoms with Gasteiger partial charge in [0, 0.05) is 29.6 Å². The SMILES string of the molecule is CSc1ccc(CN(C)C(=O)c2cc(Cl)ccc2[N+](=O)[O-])cc1. The summed E-state index contributed by atoms with van der Waals surface area (Å²) in [5.41, 5.74) is 0.693. The molecule has 7 heteroatoms. The van der Waals surface area contributed by atoms with E-state index in [9.17, 15) is 14.9 Å². The standard InChI is InChI=1S/C16H15ClN2O3S/c1-18(10-11-3-6-13(23-2)7-4-11)16(20)14-9-12(17)5-8-15(14)19(21)22/h3-9H,10H2,1-2H3. The van der Waals surface area contributed by atoms with Crippen molar-refractivity contribution in [3.8, 4) is 0 Å². The van der Waals surface area contributed by atoms with Gasteiger partial charge in [0.05, 0.1) is 4.92 Å². The second kappa shape index (κ2) is 7.48. The fourth-order valence-corrected chi connectivity index (χ4v) is 2.70. The van der Waals surface area contributed by atoms with Crippen LogP contribution in [0, 0.1) is 10.1 Å². The second-order valence-electron chi connectivity index (χ2n) is 4.93. The Hall–Kier alpha value is -2.05. The molecule has 2 aromatic carbocycles. The summed E-state index contributed by atoms with van der Waals surface area (Å²) in [6, 6.07) is 11.8. The highest BCUT2D eigenvalue weighted by molar-refractivity contribution is 7.98. The van der Waals surface area contributed by atoms with Crippen molar-refractivity contribution >= 4 is 35.0 Å². The van der Waals surface area contributed by atoms with Crippen LogP contribution in [0.5, 0.6) is 0 Å². The number of nitro groups is 1. The van der Waals surface area contributed by atoms with Crippen LogP contribution in [0.3, 0.4) is 0 Å². The largest absolute Gasteiger partial charge is 0.337 e. The lowest BCUT2D eigenvalue weighted by molar-refractivity contribution is -0.385. The van der Waals surface area contributed by atoms with Crippen molar-refractivity contribution in [2.24, 2.45) is 0 Å². The number of hydrogen-bond donors (Lipinski definition) is 0. The highest BCUT2D eigenvalue weighted by atomic mass is 35.5. The summed E-state index contributed by atoms with van der Waals surface area (Å²) in [5, 5.41) is 11.4. The van der Waals surface area contributed by atoms with Crippen molar-refractivity contribution in [3.63, 3.8) is 0 Å². The van der Waals surface area contributed by atoms with Crippen LogP contribution < -0.4 is 0 Å². The zero-order valence-corrected chi connectivity index (χ0v) is 14.2. The van der Waals surface area contributed by atoms with E-state index in [4.69, 9.17) is 11.6 Å². The Morgan fingerprint density at radius 1 is 1.26 bits per heavy atom. The molecule has 0 saturated heterocycles. The Morgan fingerprint density at radius 2 is 1.91 bits per heavy atom. The van der Waals surface area contributed by atoms with E-state index in [1.807, 2.05) is 30.5 Å². The third kappa shape index (κ3) is 4.24.